The number of thioether (sulfide) groups is 1. The smallest absolute Gasteiger partial charge is 0.346 e. The van der Waals surface area contributed by atoms with E-state index in [9.17, 15) is 18.0 Å². The highest BCUT2D eigenvalue weighted by Gasteiger charge is 2.27. The van der Waals surface area contributed by atoms with E-state index in [-0.39, 0.29) is 5.75 Å². The Balaban J connectivity index is 1.96. The molecule has 0 atom stereocenters. The Morgan fingerprint density at radius 1 is 1.32 bits per heavy atom. The van der Waals surface area contributed by atoms with Crippen molar-refractivity contribution in [2.45, 2.75) is 11.3 Å². The summed E-state index contributed by atoms with van der Waals surface area (Å²) < 4.78 is 38.7. The molecule has 9 heteroatoms. The van der Waals surface area contributed by atoms with Gasteiger partial charge in [0.25, 0.3) is 0 Å². The Morgan fingerprint density at radius 2 is 2.00 bits per heavy atom. The van der Waals surface area contributed by atoms with Gasteiger partial charge in [-0.15, -0.1) is 0 Å². The number of amides is 1. The molecule has 0 aliphatic heterocycles. The van der Waals surface area contributed by atoms with E-state index in [1.165, 1.54) is 0 Å². The average molecular weight is 394 g/mol. The fourth-order valence-electron chi connectivity index (χ4n) is 1.57. The van der Waals surface area contributed by atoms with E-state index in [1.807, 2.05) is 29.6 Å². The largest absolute Gasteiger partial charge is 0.405 e. The minimum Gasteiger partial charge on any atom is -0.346 e. The van der Waals surface area contributed by atoms with Crippen molar-refractivity contribution >= 4 is 33.6 Å². The molecule has 0 fully saturated rings. The molecule has 0 saturated heterocycles. The van der Waals surface area contributed by atoms with Crippen LogP contribution in [0.25, 0.3) is 5.69 Å². The normalized spacial score (nSPS) is 11.5. The minimum atomic E-state index is -4.41. The van der Waals surface area contributed by atoms with Crippen molar-refractivity contribution < 1.29 is 18.0 Å². The standard InChI is InChI=1S/C13H11BrF3N3OS/c14-9-1-3-10(4-2-9)20-6-5-18-12(20)22-7-11(21)19-8-13(15,16)17/h1-6H,7-8H2,(H,19,21). The van der Waals surface area contributed by atoms with E-state index < -0.39 is 18.6 Å². The molecule has 1 aromatic heterocycles. The number of halogens is 4. The highest BCUT2D eigenvalue weighted by Crippen LogP contribution is 2.21. The predicted octanol–water partition coefficient (Wildman–Crippen LogP) is 3.41. The average Bonchev–Trinajstić information content (AvgIpc) is 2.91. The Hall–Kier alpha value is -1.48. The number of hydrogen-bond donors (Lipinski definition) is 1. The molecule has 2 rings (SSSR count). The molecule has 1 heterocycles. The fourth-order valence-corrected chi connectivity index (χ4v) is 2.64. The Labute approximate surface area is 137 Å². The molecule has 0 radical (unpaired) electrons. The topological polar surface area (TPSA) is 46.9 Å². The van der Waals surface area contributed by atoms with E-state index in [0.717, 1.165) is 21.9 Å². The summed E-state index contributed by atoms with van der Waals surface area (Å²) in [4.78, 5) is 15.5. The van der Waals surface area contributed by atoms with Gasteiger partial charge in [-0.1, -0.05) is 27.7 Å². The summed E-state index contributed by atoms with van der Waals surface area (Å²) in [5.74, 6) is -0.823. The Bertz CT molecular complexity index is 643. The van der Waals surface area contributed by atoms with Crippen molar-refractivity contribution in [2.75, 3.05) is 12.3 Å². The summed E-state index contributed by atoms with van der Waals surface area (Å²) in [5.41, 5.74) is 0.846. The second kappa shape index (κ2) is 7.19. The lowest BCUT2D eigenvalue weighted by molar-refractivity contribution is -0.136. The second-order valence-corrected chi connectivity index (χ2v) is 6.09. The number of alkyl halides is 3. The van der Waals surface area contributed by atoms with Crippen LogP contribution in [0.1, 0.15) is 0 Å². The third-order valence-electron chi connectivity index (χ3n) is 2.53. The lowest BCUT2D eigenvalue weighted by atomic mass is 10.3. The zero-order valence-corrected chi connectivity index (χ0v) is 13.5. The Morgan fingerprint density at radius 3 is 2.64 bits per heavy atom. The van der Waals surface area contributed by atoms with Crippen molar-refractivity contribution in [1.29, 1.82) is 0 Å². The lowest BCUT2D eigenvalue weighted by Gasteiger charge is -2.09. The number of hydrogen-bond acceptors (Lipinski definition) is 3. The van der Waals surface area contributed by atoms with Gasteiger partial charge in [0, 0.05) is 22.6 Å². The van der Waals surface area contributed by atoms with Gasteiger partial charge in [0.1, 0.15) is 6.54 Å². The van der Waals surface area contributed by atoms with Gasteiger partial charge in [0.2, 0.25) is 5.91 Å². The molecule has 0 spiro atoms. The van der Waals surface area contributed by atoms with Crippen molar-refractivity contribution in [2.24, 2.45) is 0 Å². The number of carbonyl (C=O) groups is 1. The van der Waals surface area contributed by atoms with Crippen LogP contribution in [0, 0.1) is 0 Å². The molecule has 0 unspecified atom stereocenters. The highest BCUT2D eigenvalue weighted by atomic mass is 79.9. The summed E-state index contributed by atoms with van der Waals surface area (Å²) in [6.07, 6.45) is -1.12. The molecule has 22 heavy (non-hydrogen) atoms. The molecule has 0 aliphatic rings. The molecule has 1 N–H and O–H groups in total. The number of nitrogens with zero attached hydrogens (tertiary/aromatic N) is 2. The SMILES string of the molecule is O=C(CSc1nccn1-c1ccc(Br)cc1)NCC(F)(F)F. The van der Waals surface area contributed by atoms with Crippen LogP contribution < -0.4 is 5.32 Å². The number of rotatable bonds is 5. The fraction of sp³-hybridized carbons (Fsp3) is 0.231. The molecule has 0 bridgehead atoms. The molecule has 0 saturated carbocycles. The first-order chi connectivity index (χ1) is 10.3. The molecular formula is C13H11BrF3N3OS. The van der Waals surface area contributed by atoms with Crippen LogP contribution in [0.4, 0.5) is 13.2 Å². The summed E-state index contributed by atoms with van der Waals surface area (Å²) in [5, 5.41) is 2.36. The quantitative estimate of drug-likeness (QED) is 0.791. The van der Waals surface area contributed by atoms with Crippen LogP contribution >= 0.6 is 27.7 Å². The highest BCUT2D eigenvalue weighted by molar-refractivity contribution is 9.10. The molecule has 4 nitrogen and oxygen atoms in total. The third kappa shape index (κ3) is 5.06. The monoisotopic (exact) mass is 393 g/mol. The van der Waals surface area contributed by atoms with E-state index in [4.69, 9.17) is 0 Å². The Kier molecular flexibility index (Phi) is 5.52. The molecule has 1 amide bonds. The van der Waals surface area contributed by atoms with Crippen molar-refractivity contribution in [3.05, 3.63) is 41.1 Å². The number of imidazole rings is 1. The summed E-state index contributed by atoms with van der Waals surface area (Å²) in [6.45, 7) is -1.33. The first-order valence-electron chi connectivity index (χ1n) is 6.11. The van der Waals surface area contributed by atoms with Gasteiger partial charge in [-0.2, -0.15) is 13.2 Å². The van der Waals surface area contributed by atoms with Gasteiger partial charge in [0.15, 0.2) is 5.16 Å². The number of nitrogens with one attached hydrogen (secondary N) is 1. The first-order valence-corrected chi connectivity index (χ1v) is 7.88. The van der Waals surface area contributed by atoms with Crippen LogP contribution in [0.5, 0.6) is 0 Å². The van der Waals surface area contributed by atoms with E-state index in [0.29, 0.717) is 5.16 Å². The molecule has 0 aliphatic carbocycles. The number of benzene rings is 1. The van der Waals surface area contributed by atoms with Crippen LogP contribution in [0.3, 0.4) is 0 Å². The third-order valence-corrected chi connectivity index (χ3v) is 4.03. The van der Waals surface area contributed by atoms with E-state index >= 15 is 0 Å². The minimum absolute atomic E-state index is 0.135. The zero-order chi connectivity index (χ0) is 16.2. The van der Waals surface area contributed by atoms with Gasteiger partial charge in [0.05, 0.1) is 5.75 Å². The van der Waals surface area contributed by atoms with Crippen molar-refractivity contribution in [3.63, 3.8) is 0 Å². The maximum atomic E-state index is 12.0. The second-order valence-electron chi connectivity index (χ2n) is 4.24. The summed E-state index contributed by atoms with van der Waals surface area (Å²) in [7, 11) is 0. The maximum Gasteiger partial charge on any atom is 0.405 e. The van der Waals surface area contributed by atoms with E-state index in [1.54, 1.807) is 17.0 Å². The predicted molar refractivity (Wildman–Crippen MR) is 81.1 cm³/mol. The maximum absolute atomic E-state index is 12.0. The summed E-state index contributed by atoms with van der Waals surface area (Å²) >= 11 is 4.41. The van der Waals surface area contributed by atoms with Crippen LogP contribution in [0.15, 0.2) is 46.3 Å². The van der Waals surface area contributed by atoms with E-state index in [2.05, 4.69) is 20.9 Å². The van der Waals surface area contributed by atoms with Gasteiger partial charge in [-0.3, -0.25) is 9.36 Å². The van der Waals surface area contributed by atoms with Gasteiger partial charge < -0.3 is 5.32 Å². The molecular weight excluding hydrogens is 383 g/mol. The first kappa shape index (κ1) is 16.9. The van der Waals surface area contributed by atoms with Gasteiger partial charge >= 0.3 is 6.18 Å². The summed E-state index contributed by atoms with van der Waals surface area (Å²) in [6, 6.07) is 7.44. The van der Waals surface area contributed by atoms with Crippen molar-refractivity contribution in [3.8, 4) is 5.69 Å². The number of aromatic nitrogens is 2. The molecule has 1 aromatic carbocycles. The van der Waals surface area contributed by atoms with Crippen LogP contribution in [0.2, 0.25) is 0 Å². The zero-order valence-electron chi connectivity index (χ0n) is 11.1. The molecule has 118 valence electrons. The van der Waals surface area contributed by atoms with Crippen molar-refractivity contribution in [1.82, 2.24) is 14.9 Å². The van der Waals surface area contributed by atoms with Crippen LogP contribution in [-0.2, 0) is 4.79 Å². The lowest BCUT2D eigenvalue weighted by Crippen LogP contribution is -2.34. The number of carbonyl (C=O) groups excluding carboxylic acids is 1. The van der Waals surface area contributed by atoms with Gasteiger partial charge in [-0.25, -0.2) is 4.98 Å². The van der Waals surface area contributed by atoms with Crippen LogP contribution in [-0.4, -0.2) is 33.9 Å². The molecule has 2 aromatic rings. The van der Waals surface area contributed by atoms with Gasteiger partial charge in [-0.05, 0) is 24.3 Å².